The fourth-order valence-corrected chi connectivity index (χ4v) is 4.84. The minimum absolute atomic E-state index is 0.306. The number of carbonyl (C=O) groups is 1. The summed E-state index contributed by atoms with van der Waals surface area (Å²) in [5.74, 6) is 0.342. The monoisotopic (exact) mass is 335 g/mol. The Hall–Kier alpha value is -0.940. The van der Waals surface area contributed by atoms with E-state index in [1.54, 1.807) is 11.3 Å². The van der Waals surface area contributed by atoms with Crippen molar-refractivity contribution in [3.63, 3.8) is 0 Å². The zero-order valence-corrected chi connectivity index (χ0v) is 15.5. The average Bonchev–Trinajstić information content (AvgIpc) is 2.98. The van der Waals surface area contributed by atoms with Crippen LogP contribution >= 0.6 is 11.3 Å². The molecule has 2 fully saturated rings. The van der Waals surface area contributed by atoms with Gasteiger partial charge in [0, 0.05) is 42.9 Å². The highest BCUT2D eigenvalue weighted by Gasteiger charge is 2.42. The molecule has 1 atom stereocenters. The number of aryl methyl sites for hydroxylation is 1. The van der Waals surface area contributed by atoms with E-state index in [-0.39, 0.29) is 0 Å². The van der Waals surface area contributed by atoms with E-state index in [0.29, 0.717) is 17.4 Å². The highest BCUT2D eigenvalue weighted by molar-refractivity contribution is 7.09. The van der Waals surface area contributed by atoms with Crippen molar-refractivity contribution in [2.24, 2.45) is 5.41 Å². The summed E-state index contributed by atoms with van der Waals surface area (Å²) in [4.78, 5) is 21.6. The van der Waals surface area contributed by atoms with Gasteiger partial charge in [0.2, 0.25) is 5.91 Å². The maximum Gasteiger partial charge on any atom is 0.222 e. The second kappa shape index (κ2) is 6.89. The van der Waals surface area contributed by atoms with Crippen LogP contribution in [0, 0.1) is 5.41 Å². The van der Waals surface area contributed by atoms with Crippen molar-refractivity contribution in [1.29, 1.82) is 0 Å². The highest BCUT2D eigenvalue weighted by atomic mass is 32.1. The zero-order chi connectivity index (χ0) is 16.4. The molecule has 0 saturated carbocycles. The van der Waals surface area contributed by atoms with Gasteiger partial charge in [-0.1, -0.05) is 6.92 Å². The molecule has 0 bridgehead atoms. The van der Waals surface area contributed by atoms with Crippen LogP contribution in [0.2, 0.25) is 0 Å². The van der Waals surface area contributed by atoms with Crippen molar-refractivity contribution >= 4 is 17.2 Å². The molecular weight excluding hydrogens is 306 g/mol. The molecule has 1 amide bonds. The molecule has 1 aromatic rings. The average molecular weight is 336 g/mol. The van der Waals surface area contributed by atoms with E-state index >= 15 is 0 Å². The standard InChI is InChI=1S/C18H29N3OS/c1-4-16-19-15(11-23-16)10-20-9-5-7-18(12-20)8-6-17(22)21(13-18)14(2)3/h11,14H,4-10,12-13H2,1-3H3. The number of nitrogens with zero attached hydrogens (tertiary/aromatic N) is 3. The molecule has 3 rings (SSSR count). The molecule has 2 aliphatic rings. The molecule has 1 aromatic heterocycles. The Kier molecular flexibility index (Phi) is 5.07. The summed E-state index contributed by atoms with van der Waals surface area (Å²) in [6, 6.07) is 0.320. The molecular formula is C18H29N3OS. The molecule has 3 heterocycles. The van der Waals surface area contributed by atoms with Crippen LogP contribution in [0.4, 0.5) is 0 Å². The molecule has 128 valence electrons. The van der Waals surface area contributed by atoms with Gasteiger partial charge in [0.15, 0.2) is 0 Å². The van der Waals surface area contributed by atoms with Crippen LogP contribution in [-0.4, -0.2) is 46.4 Å². The molecule has 0 radical (unpaired) electrons. The molecule has 0 aliphatic carbocycles. The van der Waals surface area contributed by atoms with Crippen LogP contribution in [0.15, 0.2) is 5.38 Å². The summed E-state index contributed by atoms with van der Waals surface area (Å²) in [5, 5.41) is 3.45. The zero-order valence-electron chi connectivity index (χ0n) is 14.7. The number of aromatic nitrogens is 1. The number of likely N-dealkylation sites (tertiary alicyclic amines) is 2. The Morgan fingerprint density at radius 1 is 1.35 bits per heavy atom. The number of hydrogen-bond acceptors (Lipinski definition) is 4. The summed E-state index contributed by atoms with van der Waals surface area (Å²) in [7, 11) is 0. The lowest BCUT2D eigenvalue weighted by Crippen LogP contribution is -2.55. The van der Waals surface area contributed by atoms with Gasteiger partial charge in [0.1, 0.15) is 0 Å². The number of piperidine rings is 2. The lowest BCUT2D eigenvalue weighted by molar-refractivity contribution is -0.141. The third-order valence-corrected chi connectivity index (χ3v) is 6.39. The van der Waals surface area contributed by atoms with Gasteiger partial charge in [-0.25, -0.2) is 4.98 Å². The van der Waals surface area contributed by atoms with E-state index in [9.17, 15) is 4.79 Å². The van der Waals surface area contributed by atoms with Crippen molar-refractivity contribution in [3.05, 3.63) is 16.1 Å². The Labute approximate surface area is 143 Å². The van der Waals surface area contributed by atoms with Crippen LogP contribution < -0.4 is 0 Å². The second-order valence-electron chi connectivity index (χ2n) is 7.52. The quantitative estimate of drug-likeness (QED) is 0.847. The third-order valence-electron chi connectivity index (χ3n) is 5.35. The predicted molar refractivity (Wildman–Crippen MR) is 94.5 cm³/mol. The van der Waals surface area contributed by atoms with Crippen LogP contribution in [0.3, 0.4) is 0 Å². The van der Waals surface area contributed by atoms with E-state index in [2.05, 4.69) is 36.0 Å². The van der Waals surface area contributed by atoms with Gasteiger partial charge in [0.05, 0.1) is 10.7 Å². The fraction of sp³-hybridized carbons (Fsp3) is 0.778. The minimum atomic E-state index is 0.306. The maximum absolute atomic E-state index is 12.2. The van der Waals surface area contributed by atoms with Crippen molar-refractivity contribution < 1.29 is 4.79 Å². The Bertz CT molecular complexity index is 556. The molecule has 1 spiro atoms. The first-order valence-electron chi connectivity index (χ1n) is 8.96. The summed E-state index contributed by atoms with van der Waals surface area (Å²) in [6.45, 7) is 10.6. The first kappa shape index (κ1) is 16.9. The van der Waals surface area contributed by atoms with Crippen LogP contribution in [0.5, 0.6) is 0 Å². The lowest BCUT2D eigenvalue weighted by atomic mass is 9.73. The lowest BCUT2D eigenvalue weighted by Gasteiger charge is -2.49. The first-order chi connectivity index (χ1) is 11.0. The molecule has 2 aliphatic heterocycles. The van der Waals surface area contributed by atoms with Gasteiger partial charge in [-0.05, 0) is 46.1 Å². The van der Waals surface area contributed by atoms with E-state index < -0.39 is 0 Å². The molecule has 23 heavy (non-hydrogen) atoms. The van der Waals surface area contributed by atoms with Gasteiger partial charge < -0.3 is 4.90 Å². The molecule has 2 saturated heterocycles. The number of hydrogen-bond donors (Lipinski definition) is 0. The Balaban J connectivity index is 1.66. The molecule has 4 nitrogen and oxygen atoms in total. The molecule has 1 unspecified atom stereocenters. The third kappa shape index (κ3) is 3.77. The Morgan fingerprint density at radius 2 is 2.17 bits per heavy atom. The summed E-state index contributed by atoms with van der Waals surface area (Å²) >= 11 is 1.78. The molecule has 0 aromatic carbocycles. The maximum atomic E-state index is 12.2. The van der Waals surface area contributed by atoms with Gasteiger partial charge in [-0.3, -0.25) is 9.69 Å². The van der Waals surface area contributed by atoms with E-state index in [4.69, 9.17) is 4.98 Å². The highest BCUT2D eigenvalue weighted by Crippen LogP contribution is 2.39. The summed E-state index contributed by atoms with van der Waals surface area (Å²) in [5.41, 5.74) is 1.52. The van der Waals surface area contributed by atoms with Gasteiger partial charge in [0.25, 0.3) is 0 Å². The second-order valence-corrected chi connectivity index (χ2v) is 8.46. The first-order valence-corrected chi connectivity index (χ1v) is 9.84. The molecule has 0 N–H and O–H groups in total. The minimum Gasteiger partial charge on any atom is -0.340 e. The number of carbonyl (C=O) groups excluding carboxylic acids is 1. The number of amides is 1. The van der Waals surface area contributed by atoms with Crippen LogP contribution in [0.1, 0.15) is 57.2 Å². The smallest absolute Gasteiger partial charge is 0.222 e. The number of rotatable bonds is 4. The predicted octanol–water partition coefficient (Wildman–Crippen LogP) is 3.32. The van der Waals surface area contributed by atoms with Crippen molar-refractivity contribution in [2.75, 3.05) is 19.6 Å². The number of thiazole rings is 1. The summed E-state index contributed by atoms with van der Waals surface area (Å²) < 4.78 is 0. The van der Waals surface area contributed by atoms with Crippen molar-refractivity contribution in [1.82, 2.24) is 14.8 Å². The summed E-state index contributed by atoms with van der Waals surface area (Å²) in [6.07, 6.45) is 5.31. The van der Waals surface area contributed by atoms with E-state index in [1.165, 1.54) is 23.5 Å². The van der Waals surface area contributed by atoms with Crippen LogP contribution in [0.25, 0.3) is 0 Å². The van der Waals surface area contributed by atoms with Gasteiger partial charge in [-0.2, -0.15) is 0 Å². The Morgan fingerprint density at radius 3 is 2.87 bits per heavy atom. The molecule has 5 heteroatoms. The van der Waals surface area contributed by atoms with Crippen molar-refractivity contribution in [3.8, 4) is 0 Å². The van der Waals surface area contributed by atoms with Gasteiger partial charge in [-0.15, -0.1) is 11.3 Å². The van der Waals surface area contributed by atoms with Crippen LogP contribution in [-0.2, 0) is 17.8 Å². The largest absolute Gasteiger partial charge is 0.340 e. The van der Waals surface area contributed by atoms with Gasteiger partial charge >= 0.3 is 0 Å². The normalized spacial score (nSPS) is 26.4. The van der Waals surface area contributed by atoms with E-state index in [1.807, 2.05) is 0 Å². The topological polar surface area (TPSA) is 36.4 Å². The SMILES string of the molecule is CCc1nc(CN2CCCC3(CCC(=O)N(C(C)C)C3)C2)cs1. The van der Waals surface area contributed by atoms with Crippen molar-refractivity contribution in [2.45, 2.75) is 65.5 Å². The fourth-order valence-electron chi connectivity index (χ4n) is 4.11. The van der Waals surface area contributed by atoms with E-state index in [0.717, 1.165) is 45.4 Å².